The first-order chi connectivity index (χ1) is 8.13. The van der Waals surface area contributed by atoms with E-state index in [-0.39, 0.29) is 17.5 Å². The molecule has 92 valence electrons. The summed E-state index contributed by atoms with van der Waals surface area (Å²) >= 11 is 9.10. The lowest BCUT2D eigenvalue weighted by molar-refractivity contribution is 0.0750. The Labute approximate surface area is 113 Å². The number of carbonyl (C=O) groups is 1. The van der Waals surface area contributed by atoms with Gasteiger partial charge >= 0.3 is 0 Å². The van der Waals surface area contributed by atoms with Crippen molar-refractivity contribution in [2.24, 2.45) is 0 Å². The molecule has 0 aliphatic heterocycles. The summed E-state index contributed by atoms with van der Waals surface area (Å²) in [5, 5.41) is 1.07. The summed E-state index contributed by atoms with van der Waals surface area (Å²) < 4.78 is 13.6. The third-order valence-corrected chi connectivity index (χ3v) is 3.32. The van der Waals surface area contributed by atoms with Gasteiger partial charge in [0.15, 0.2) is 0 Å². The lowest BCUT2D eigenvalue weighted by atomic mass is 10.2. The number of alkyl halides is 1. The van der Waals surface area contributed by atoms with Crippen molar-refractivity contribution in [3.8, 4) is 0 Å². The Balaban J connectivity index is 2.24. The lowest BCUT2D eigenvalue weighted by Crippen LogP contribution is -2.35. The first kappa shape index (κ1) is 12.8. The molecule has 0 saturated heterocycles. The minimum Gasteiger partial charge on any atom is -0.335 e. The van der Waals surface area contributed by atoms with Crippen molar-refractivity contribution in [3.05, 3.63) is 34.6 Å². The van der Waals surface area contributed by atoms with Crippen LogP contribution in [0.2, 0.25) is 5.02 Å². The Morgan fingerprint density at radius 3 is 2.82 bits per heavy atom. The van der Waals surface area contributed by atoms with Gasteiger partial charge in [-0.1, -0.05) is 27.5 Å². The summed E-state index contributed by atoms with van der Waals surface area (Å²) in [6, 6.07) is 4.33. The van der Waals surface area contributed by atoms with Gasteiger partial charge in [-0.2, -0.15) is 0 Å². The molecule has 0 atom stereocenters. The largest absolute Gasteiger partial charge is 0.335 e. The van der Waals surface area contributed by atoms with Gasteiger partial charge in [0.1, 0.15) is 5.82 Å². The van der Waals surface area contributed by atoms with Crippen molar-refractivity contribution in [1.82, 2.24) is 4.90 Å². The molecule has 0 spiro atoms. The first-order valence-electron chi connectivity index (χ1n) is 5.45. The third kappa shape index (κ3) is 2.99. The van der Waals surface area contributed by atoms with Crippen molar-refractivity contribution in [2.45, 2.75) is 18.9 Å². The fourth-order valence-electron chi connectivity index (χ4n) is 1.74. The van der Waals surface area contributed by atoms with Crippen LogP contribution >= 0.6 is 27.5 Å². The number of halogens is 3. The zero-order valence-electron chi connectivity index (χ0n) is 9.13. The first-order valence-corrected chi connectivity index (χ1v) is 6.95. The second-order valence-corrected chi connectivity index (χ2v) is 5.27. The van der Waals surface area contributed by atoms with Gasteiger partial charge in [-0.15, -0.1) is 0 Å². The van der Waals surface area contributed by atoms with E-state index in [2.05, 4.69) is 15.9 Å². The highest BCUT2D eigenvalue weighted by molar-refractivity contribution is 9.09. The maximum atomic E-state index is 13.6. The molecule has 1 amide bonds. The number of carbonyl (C=O) groups excluding carboxylic acids is 1. The fraction of sp³-hybridized carbons (Fsp3) is 0.417. The molecule has 0 radical (unpaired) electrons. The van der Waals surface area contributed by atoms with Gasteiger partial charge in [0.2, 0.25) is 0 Å². The van der Waals surface area contributed by atoms with Crippen LogP contribution in [0.4, 0.5) is 4.39 Å². The van der Waals surface area contributed by atoms with Crippen LogP contribution in [0.15, 0.2) is 18.2 Å². The number of nitrogens with zero attached hydrogens (tertiary/aromatic N) is 1. The highest BCUT2D eigenvalue weighted by Gasteiger charge is 2.33. The summed E-state index contributed by atoms with van der Waals surface area (Å²) in [5.41, 5.74) is 0.0605. The van der Waals surface area contributed by atoms with Gasteiger partial charge in [-0.05, 0) is 31.0 Å². The van der Waals surface area contributed by atoms with Gasteiger partial charge in [0.25, 0.3) is 5.91 Å². The average Bonchev–Trinajstić information content (AvgIpc) is 3.12. The standard InChI is InChI=1S/C12H12BrClFNO/c13-5-6-16(9-2-3-9)12(17)10-7-8(14)1-4-11(10)15/h1,4,7,9H,2-3,5-6H2. The Hall–Kier alpha value is -0.610. The topological polar surface area (TPSA) is 20.3 Å². The summed E-state index contributed by atoms with van der Waals surface area (Å²) in [6.45, 7) is 0.593. The molecule has 1 aromatic rings. The van der Waals surface area contributed by atoms with Crippen LogP contribution in [0.3, 0.4) is 0 Å². The zero-order valence-corrected chi connectivity index (χ0v) is 11.5. The van der Waals surface area contributed by atoms with Crippen molar-refractivity contribution in [1.29, 1.82) is 0 Å². The summed E-state index contributed by atoms with van der Waals surface area (Å²) in [5.74, 6) is -0.786. The smallest absolute Gasteiger partial charge is 0.257 e. The van der Waals surface area contributed by atoms with E-state index in [9.17, 15) is 9.18 Å². The Kier molecular flexibility index (Phi) is 4.05. The molecule has 2 rings (SSSR count). The molecule has 0 unspecified atom stereocenters. The van der Waals surface area contributed by atoms with Gasteiger partial charge in [-0.25, -0.2) is 4.39 Å². The molecule has 5 heteroatoms. The molecule has 0 bridgehead atoms. The summed E-state index contributed by atoms with van der Waals surface area (Å²) in [7, 11) is 0. The number of hydrogen-bond donors (Lipinski definition) is 0. The van der Waals surface area contributed by atoms with E-state index in [1.165, 1.54) is 18.2 Å². The van der Waals surface area contributed by atoms with Gasteiger partial charge in [0, 0.05) is 22.9 Å². The van der Waals surface area contributed by atoms with Crippen LogP contribution in [0.5, 0.6) is 0 Å². The van der Waals surface area contributed by atoms with Crippen LogP contribution in [0.25, 0.3) is 0 Å². The monoisotopic (exact) mass is 319 g/mol. The van der Waals surface area contributed by atoms with Crippen LogP contribution in [-0.4, -0.2) is 28.7 Å². The number of benzene rings is 1. The van der Waals surface area contributed by atoms with E-state index >= 15 is 0 Å². The van der Waals surface area contributed by atoms with E-state index in [0.29, 0.717) is 16.9 Å². The van der Waals surface area contributed by atoms with E-state index in [1.807, 2.05) is 0 Å². The minimum absolute atomic E-state index is 0.0605. The number of amides is 1. The van der Waals surface area contributed by atoms with Crippen LogP contribution in [0, 0.1) is 5.82 Å². The lowest BCUT2D eigenvalue weighted by Gasteiger charge is -2.21. The summed E-state index contributed by atoms with van der Waals surface area (Å²) in [4.78, 5) is 13.9. The van der Waals surface area contributed by atoms with Crippen molar-refractivity contribution >= 4 is 33.4 Å². The summed E-state index contributed by atoms with van der Waals surface area (Å²) in [6.07, 6.45) is 2.00. The van der Waals surface area contributed by atoms with E-state index in [1.54, 1.807) is 4.90 Å². The number of rotatable bonds is 4. The molecule has 1 aliphatic rings. The quantitative estimate of drug-likeness (QED) is 0.778. The molecular formula is C12H12BrClFNO. The SMILES string of the molecule is O=C(c1cc(Cl)ccc1F)N(CCBr)C1CC1. The Morgan fingerprint density at radius 2 is 2.24 bits per heavy atom. The normalized spacial score (nSPS) is 14.8. The molecule has 2 nitrogen and oxygen atoms in total. The Morgan fingerprint density at radius 1 is 1.53 bits per heavy atom. The van der Waals surface area contributed by atoms with Crippen LogP contribution < -0.4 is 0 Å². The fourth-order valence-corrected chi connectivity index (χ4v) is 2.30. The highest BCUT2D eigenvalue weighted by atomic mass is 79.9. The predicted molar refractivity (Wildman–Crippen MR) is 69.3 cm³/mol. The molecule has 1 saturated carbocycles. The van der Waals surface area contributed by atoms with Crippen LogP contribution in [0.1, 0.15) is 23.2 Å². The van der Waals surface area contributed by atoms with Crippen molar-refractivity contribution < 1.29 is 9.18 Å². The second-order valence-electron chi connectivity index (χ2n) is 4.04. The molecule has 1 aromatic carbocycles. The van der Waals surface area contributed by atoms with Crippen molar-refractivity contribution in [3.63, 3.8) is 0 Å². The molecule has 0 heterocycles. The maximum Gasteiger partial charge on any atom is 0.257 e. The zero-order chi connectivity index (χ0) is 12.4. The molecule has 17 heavy (non-hydrogen) atoms. The minimum atomic E-state index is -0.514. The molecule has 1 aliphatic carbocycles. The molecule has 1 fully saturated rings. The molecule has 0 N–H and O–H groups in total. The number of hydrogen-bond acceptors (Lipinski definition) is 1. The van der Waals surface area contributed by atoms with Gasteiger partial charge in [-0.3, -0.25) is 4.79 Å². The third-order valence-electron chi connectivity index (χ3n) is 2.73. The predicted octanol–water partition coefficient (Wildman–Crippen LogP) is 3.48. The molecule has 0 aromatic heterocycles. The average molecular weight is 321 g/mol. The van der Waals surface area contributed by atoms with Gasteiger partial charge < -0.3 is 4.90 Å². The van der Waals surface area contributed by atoms with E-state index < -0.39 is 5.82 Å². The van der Waals surface area contributed by atoms with Gasteiger partial charge in [0.05, 0.1) is 5.56 Å². The maximum absolute atomic E-state index is 13.6. The van der Waals surface area contributed by atoms with E-state index in [4.69, 9.17) is 11.6 Å². The van der Waals surface area contributed by atoms with Crippen molar-refractivity contribution in [2.75, 3.05) is 11.9 Å². The highest BCUT2D eigenvalue weighted by Crippen LogP contribution is 2.29. The van der Waals surface area contributed by atoms with Crippen LogP contribution in [-0.2, 0) is 0 Å². The van der Waals surface area contributed by atoms with E-state index in [0.717, 1.165) is 12.8 Å². The molecular weight excluding hydrogens is 308 g/mol. The second kappa shape index (κ2) is 5.36. The Bertz CT molecular complexity index is 437.